The van der Waals surface area contributed by atoms with E-state index in [2.05, 4.69) is 12.1 Å². The van der Waals surface area contributed by atoms with Crippen LogP contribution in [0.25, 0.3) is 10.4 Å². The maximum Gasteiger partial charge on any atom is 0.251 e. The number of halogens is 3. The zero-order valence-corrected chi connectivity index (χ0v) is 15.6. The quantitative estimate of drug-likeness (QED) is 0.595. The molecule has 0 bridgehead atoms. The number of piperidine rings is 1. The van der Waals surface area contributed by atoms with Crippen molar-refractivity contribution in [1.29, 1.82) is 0 Å². The van der Waals surface area contributed by atoms with Crippen molar-refractivity contribution >= 4 is 28.8 Å². The molecule has 0 spiro atoms. The number of thiophene rings is 1. The average Bonchev–Trinajstić information content (AvgIpc) is 2.87. The van der Waals surface area contributed by atoms with E-state index in [1.165, 1.54) is 24.0 Å². The third-order valence-corrected chi connectivity index (χ3v) is 6.46. The Morgan fingerprint density at radius 3 is 2.56 bits per heavy atom. The Morgan fingerprint density at radius 1 is 1.08 bits per heavy atom. The molecule has 0 saturated carbocycles. The number of hydrogen-bond acceptors (Lipinski definition) is 3. The lowest BCUT2D eigenvalue weighted by Crippen LogP contribution is -2.39. The van der Waals surface area contributed by atoms with Gasteiger partial charge in [0, 0.05) is 42.1 Å². The normalized spacial score (nSPS) is 20.2. The highest BCUT2D eigenvalue weighted by molar-refractivity contribution is 7.19. The number of nitrogens with zero attached hydrogens (tertiary/aromatic N) is 2. The fourth-order valence-electron chi connectivity index (χ4n) is 3.77. The second kappa shape index (κ2) is 6.84. The van der Waals surface area contributed by atoms with Crippen molar-refractivity contribution in [2.24, 2.45) is 0 Å². The number of alkyl halides is 2. The lowest BCUT2D eigenvalue weighted by atomic mass is 9.99. The lowest BCUT2D eigenvalue weighted by Gasteiger charge is -2.33. The van der Waals surface area contributed by atoms with E-state index in [9.17, 15) is 8.78 Å². The SMILES string of the molecule is FC1(F)CCN(c2cc(-c3ccc(Cl)s3)c3c(n2)CCCCC3)CC1. The molecule has 6 heteroatoms. The van der Waals surface area contributed by atoms with E-state index in [1.807, 2.05) is 11.0 Å². The number of hydrogen-bond donors (Lipinski definition) is 0. The Hall–Kier alpha value is -1.20. The van der Waals surface area contributed by atoms with Crippen molar-refractivity contribution in [3.05, 3.63) is 33.8 Å². The van der Waals surface area contributed by atoms with Gasteiger partial charge in [-0.2, -0.15) is 0 Å². The summed E-state index contributed by atoms with van der Waals surface area (Å²) in [6.07, 6.45) is 5.36. The molecule has 1 fully saturated rings. The zero-order valence-electron chi connectivity index (χ0n) is 14.0. The van der Waals surface area contributed by atoms with Crippen LogP contribution in [0.1, 0.15) is 43.4 Å². The first-order chi connectivity index (χ1) is 12.0. The summed E-state index contributed by atoms with van der Waals surface area (Å²) >= 11 is 7.73. The van der Waals surface area contributed by atoms with Gasteiger partial charge in [0.2, 0.25) is 0 Å². The Labute approximate surface area is 155 Å². The topological polar surface area (TPSA) is 16.1 Å². The summed E-state index contributed by atoms with van der Waals surface area (Å²) in [5.41, 5.74) is 3.66. The molecule has 0 N–H and O–H groups in total. The minimum atomic E-state index is -2.54. The Bertz CT molecular complexity index is 765. The zero-order chi connectivity index (χ0) is 17.4. The molecule has 0 atom stereocenters. The van der Waals surface area contributed by atoms with Crippen molar-refractivity contribution in [2.45, 2.75) is 50.9 Å². The molecule has 3 heterocycles. The van der Waals surface area contributed by atoms with E-state index in [0.717, 1.165) is 40.0 Å². The molecule has 2 aromatic heterocycles. The molecule has 25 heavy (non-hydrogen) atoms. The Morgan fingerprint density at radius 2 is 1.84 bits per heavy atom. The van der Waals surface area contributed by atoms with Crippen molar-refractivity contribution < 1.29 is 8.78 Å². The summed E-state index contributed by atoms with van der Waals surface area (Å²) in [5.74, 6) is -1.69. The lowest BCUT2D eigenvalue weighted by molar-refractivity contribution is -0.0221. The number of anilines is 1. The standard InChI is InChI=1S/C19H21ClF2N2S/c20-17-7-6-16(25-17)14-12-18(24-10-8-19(21,22)9-11-24)23-15-5-3-1-2-4-13(14)15/h6-7,12H,1-5,8-11H2. The van der Waals surface area contributed by atoms with Gasteiger partial charge < -0.3 is 4.90 Å². The second-order valence-corrected chi connectivity index (χ2v) is 8.68. The molecule has 134 valence electrons. The van der Waals surface area contributed by atoms with Gasteiger partial charge in [0.25, 0.3) is 5.92 Å². The number of pyridine rings is 1. The van der Waals surface area contributed by atoms with Gasteiger partial charge in [-0.1, -0.05) is 18.0 Å². The monoisotopic (exact) mass is 382 g/mol. The molecular formula is C19H21ClF2N2S. The Kier molecular flexibility index (Phi) is 4.71. The Balaban J connectivity index is 1.74. The van der Waals surface area contributed by atoms with Gasteiger partial charge in [0.15, 0.2) is 0 Å². The van der Waals surface area contributed by atoms with Crippen LogP contribution in [0.4, 0.5) is 14.6 Å². The highest BCUT2D eigenvalue weighted by Crippen LogP contribution is 2.39. The highest BCUT2D eigenvalue weighted by atomic mass is 35.5. The van der Waals surface area contributed by atoms with Crippen LogP contribution < -0.4 is 4.90 Å². The molecule has 2 aromatic rings. The van der Waals surface area contributed by atoms with Gasteiger partial charge in [-0.05, 0) is 49.4 Å². The molecule has 1 aliphatic carbocycles. The third kappa shape index (κ3) is 3.68. The molecule has 2 aliphatic rings. The molecule has 4 rings (SSSR count). The minimum Gasteiger partial charge on any atom is -0.356 e. The number of aromatic nitrogens is 1. The van der Waals surface area contributed by atoms with Gasteiger partial charge in [0.05, 0.1) is 4.34 Å². The van der Waals surface area contributed by atoms with Crippen LogP contribution in [0, 0.1) is 0 Å². The maximum absolute atomic E-state index is 13.5. The van der Waals surface area contributed by atoms with E-state index >= 15 is 0 Å². The maximum atomic E-state index is 13.5. The molecule has 2 nitrogen and oxygen atoms in total. The van der Waals surface area contributed by atoms with Gasteiger partial charge in [-0.25, -0.2) is 13.8 Å². The van der Waals surface area contributed by atoms with Crippen LogP contribution in [0.15, 0.2) is 18.2 Å². The molecule has 1 saturated heterocycles. The van der Waals surface area contributed by atoms with E-state index in [-0.39, 0.29) is 12.8 Å². The van der Waals surface area contributed by atoms with Crippen LogP contribution in [0.2, 0.25) is 4.34 Å². The first-order valence-electron chi connectivity index (χ1n) is 8.93. The third-order valence-electron chi connectivity index (χ3n) is 5.19. The van der Waals surface area contributed by atoms with Crippen molar-refractivity contribution in [3.63, 3.8) is 0 Å². The van der Waals surface area contributed by atoms with Gasteiger partial charge >= 0.3 is 0 Å². The van der Waals surface area contributed by atoms with Gasteiger partial charge in [0.1, 0.15) is 5.82 Å². The van der Waals surface area contributed by atoms with Crippen LogP contribution in [-0.2, 0) is 12.8 Å². The van der Waals surface area contributed by atoms with Crippen LogP contribution in [-0.4, -0.2) is 24.0 Å². The first-order valence-corrected chi connectivity index (χ1v) is 10.1. The van der Waals surface area contributed by atoms with E-state index in [0.29, 0.717) is 13.1 Å². The van der Waals surface area contributed by atoms with Crippen LogP contribution in [0.5, 0.6) is 0 Å². The predicted octanol–water partition coefficient (Wildman–Crippen LogP) is 5.97. The summed E-state index contributed by atoms with van der Waals surface area (Å²) in [5, 5.41) is 0. The highest BCUT2D eigenvalue weighted by Gasteiger charge is 2.34. The fourth-order valence-corrected chi connectivity index (χ4v) is 4.86. The molecule has 0 radical (unpaired) electrons. The second-order valence-electron chi connectivity index (χ2n) is 6.96. The van der Waals surface area contributed by atoms with Gasteiger partial charge in [-0.3, -0.25) is 0 Å². The van der Waals surface area contributed by atoms with Gasteiger partial charge in [-0.15, -0.1) is 11.3 Å². The molecule has 0 amide bonds. The average molecular weight is 383 g/mol. The minimum absolute atomic E-state index is 0.0913. The largest absolute Gasteiger partial charge is 0.356 e. The number of fused-ring (bicyclic) bond motifs is 1. The van der Waals surface area contributed by atoms with E-state index < -0.39 is 5.92 Å². The summed E-state index contributed by atoms with van der Waals surface area (Å²) < 4.78 is 27.8. The van der Waals surface area contributed by atoms with Crippen molar-refractivity contribution in [1.82, 2.24) is 4.98 Å². The molecule has 1 aliphatic heterocycles. The molecule has 0 aromatic carbocycles. The van der Waals surface area contributed by atoms with Crippen molar-refractivity contribution in [2.75, 3.05) is 18.0 Å². The summed E-state index contributed by atoms with van der Waals surface area (Å²) in [7, 11) is 0. The summed E-state index contributed by atoms with van der Waals surface area (Å²) in [6, 6.07) is 6.07. The fraction of sp³-hybridized carbons (Fsp3) is 0.526. The summed E-state index contributed by atoms with van der Waals surface area (Å²) in [6.45, 7) is 0.729. The van der Waals surface area contributed by atoms with Crippen molar-refractivity contribution in [3.8, 4) is 10.4 Å². The predicted molar refractivity (Wildman–Crippen MR) is 100 cm³/mol. The first kappa shape index (κ1) is 17.2. The number of aryl methyl sites for hydroxylation is 1. The van der Waals surface area contributed by atoms with E-state index in [1.54, 1.807) is 11.3 Å². The van der Waals surface area contributed by atoms with Crippen LogP contribution >= 0.6 is 22.9 Å². The van der Waals surface area contributed by atoms with Crippen LogP contribution in [0.3, 0.4) is 0 Å². The number of rotatable bonds is 2. The molecule has 0 unspecified atom stereocenters. The summed E-state index contributed by atoms with van der Waals surface area (Å²) in [4.78, 5) is 8.05. The molecular weight excluding hydrogens is 362 g/mol. The van der Waals surface area contributed by atoms with E-state index in [4.69, 9.17) is 16.6 Å². The smallest absolute Gasteiger partial charge is 0.251 e.